The first-order valence-corrected chi connectivity index (χ1v) is 5.98. The first-order valence-electron chi connectivity index (χ1n) is 5.98. The molecule has 1 amide bonds. The minimum Gasteiger partial charge on any atom is -0.331 e. The SMILES string of the molecule is CN(N=N[C@@H]1CC(=O)N(CC(F)(F)F)C1)C(C)(C)C. The molecule has 0 saturated carbocycles. The molecule has 1 rings (SSSR count). The van der Waals surface area contributed by atoms with Crippen molar-refractivity contribution < 1.29 is 18.0 Å². The lowest BCUT2D eigenvalue weighted by Gasteiger charge is -2.27. The maximum Gasteiger partial charge on any atom is 0.406 e. The van der Waals surface area contributed by atoms with Crippen LogP contribution < -0.4 is 0 Å². The van der Waals surface area contributed by atoms with Crippen molar-refractivity contribution >= 4 is 5.91 Å². The van der Waals surface area contributed by atoms with E-state index >= 15 is 0 Å². The third-order valence-corrected chi connectivity index (χ3v) is 2.88. The molecule has 0 aromatic heterocycles. The lowest BCUT2D eigenvalue weighted by Crippen LogP contribution is -2.35. The average molecular weight is 280 g/mol. The van der Waals surface area contributed by atoms with Crippen molar-refractivity contribution in [3.05, 3.63) is 0 Å². The van der Waals surface area contributed by atoms with Crippen LogP contribution in [0.1, 0.15) is 27.2 Å². The maximum absolute atomic E-state index is 12.2. The number of hydrogen-bond acceptors (Lipinski definition) is 3. The van der Waals surface area contributed by atoms with Gasteiger partial charge in [-0.2, -0.15) is 18.3 Å². The lowest BCUT2D eigenvalue weighted by molar-refractivity contribution is -0.157. The summed E-state index contributed by atoms with van der Waals surface area (Å²) in [7, 11) is 1.73. The van der Waals surface area contributed by atoms with Gasteiger partial charge in [0.25, 0.3) is 0 Å². The van der Waals surface area contributed by atoms with Gasteiger partial charge in [-0.25, -0.2) is 0 Å². The maximum atomic E-state index is 12.2. The molecule has 1 aliphatic heterocycles. The van der Waals surface area contributed by atoms with Crippen LogP contribution in [0.15, 0.2) is 10.3 Å². The average Bonchev–Trinajstić information content (AvgIpc) is 2.52. The Hall–Kier alpha value is -1.34. The number of hydrogen-bond donors (Lipinski definition) is 0. The number of halogens is 3. The van der Waals surface area contributed by atoms with Gasteiger partial charge >= 0.3 is 6.18 Å². The molecule has 8 heteroatoms. The third-order valence-electron chi connectivity index (χ3n) is 2.88. The van der Waals surface area contributed by atoms with Gasteiger partial charge in [0.2, 0.25) is 5.91 Å². The largest absolute Gasteiger partial charge is 0.406 e. The second-order valence-electron chi connectivity index (χ2n) is 5.65. The predicted molar refractivity (Wildman–Crippen MR) is 63.4 cm³/mol. The molecular weight excluding hydrogens is 261 g/mol. The first-order chi connectivity index (χ1) is 8.49. The molecular formula is C11H19F3N4O. The van der Waals surface area contributed by atoms with Gasteiger partial charge in [0, 0.05) is 13.6 Å². The van der Waals surface area contributed by atoms with Crippen LogP contribution in [0.5, 0.6) is 0 Å². The van der Waals surface area contributed by atoms with Gasteiger partial charge in [-0.15, -0.1) is 0 Å². The van der Waals surface area contributed by atoms with Gasteiger partial charge in [0.1, 0.15) is 6.54 Å². The molecule has 0 radical (unpaired) electrons. The molecule has 1 atom stereocenters. The summed E-state index contributed by atoms with van der Waals surface area (Å²) in [6.45, 7) is 4.55. The van der Waals surface area contributed by atoms with Gasteiger partial charge in [-0.3, -0.25) is 9.80 Å². The molecule has 19 heavy (non-hydrogen) atoms. The van der Waals surface area contributed by atoms with Gasteiger partial charge in [0.05, 0.1) is 18.0 Å². The van der Waals surface area contributed by atoms with E-state index < -0.39 is 24.7 Å². The predicted octanol–water partition coefficient (Wildman–Crippen LogP) is 2.25. The fraction of sp³-hybridized carbons (Fsp3) is 0.909. The van der Waals surface area contributed by atoms with Crippen LogP contribution in [0.3, 0.4) is 0 Å². The van der Waals surface area contributed by atoms with Gasteiger partial charge in [-0.05, 0) is 20.8 Å². The van der Waals surface area contributed by atoms with Crippen LogP contribution in [0.25, 0.3) is 0 Å². The second-order valence-corrected chi connectivity index (χ2v) is 5.65. The normalized spacial score (nSPS) is 21.5. The van der Waals surface area contributed by atoms with E-state index in [0.29, 0.717) is 0 Å². The molecule has 0 spiro atoms. The van der Waals surface area contributed by atoms with Crippen molar-refractivity contribution in [3.8, 4) is 0 Å². The molecule has 1 saturated heterocycles. The highest BCUT2D eigenvalue weighted by molar-refractivity contribution is 5.79. The van der Waals surface area contributed by atoms with E-state index in [2.05, 4.69) is 10.3 Å². The Morgan fingerprint density at radius 2 is 1.95 bits per heavy atom. The zero-order valence-corrected chi connectivity index (χ0v) is 11.5. The number of likely N-dealkylation sites (tertiary alicyclic amines) is 1. The number of carbonyl (C=O) groups excluding carboxylic acids is 1. The van der Waals surface area contributed by atoms with E-state index in [1.165, 1.54) is 0 Å². The second kappa shape index (κ2) is 5.34. The number of amides is 1. The van der Waals surface area contributed by atoms with Crippen LogP contribution in [0.4, 0.5) is 13.2 Å². The van der Waals surface area contributed by atoms with Crippen molar-refractivity contribution in [1.29, 1.82) is 0 Å². The molecule has 0 bridgehead atoms. The highest BCUT2D eigenvalue weighted by Crippen LogP contribution is 2.22. The molecule has 0 unspecified atom stereocenters. The third kappa shape index (κ3) is 5.04. The minimum absolute atomic E-state index is 0.0163. The Bertz CT molecular complexity index is 362. The summed E-state index contributed by atoms with van der Waals surface area (Å²) in [5.41, 5.74) is -0.224. The quantitative estimate of drug-likeness (QED) is 0.588. The number of rotatable bonds is 3. The molecule has 1 heterocycles. The summed E-state index contributed by atoms with van der Waals surface area (Å²) in [6.07, 6.45) is -4.39. The molecule has 110 valence electrons. The Balaban J connectivity index is 2.56. The molecule has 0 N–H and O–H groups in total. The van der Waals surface area contributed by atoms with Gasteiger partial charge < -0.3 is 4.90 Å². The van der Waals surface area contributed by atoms with Crippen molar-refractivity contribution in [2.75, 3.05) is 20.1 Å². The topological polar surface area (TPSA) is 48.3 Å². The number of alkyl halides is 3. The van der Waals surface area contributed by atoms with Crippen LogP contribution in [0, 0.1) is 0 Å². The van der Waals surface area contributed by atoms with E-state index in [9.17, 15) is 18.0 Å². The van der Waals surface area contributed by atoms with Crippen molar-refractivity contribution in [1.82, 2.24) is 9.91 Å². The summed E-state index contributed by atoms with van der Waals surface area (Å²) in [5.74, 6) is -0.528. The summed E-state index contributed by atoms with van der Waals surface area (Å²) in [5, 5.41) is 9.50. The van der Waals surface area contributed by atoms with E-state index in [1.54, 1.807) is 12.1 Å². The van der Waals surface area contributed by atoms with Gasteiger partial charge in [-0.1, -0.05) is 5.22 Å². The Morgan fingerprint density at radius 1 is 1.37 bits per heavy atom. The summed E-state index contributed by atoms with van der Waals surface area (Å²) in [4.78, 5) is 12.2. The van der Waals surface area contributed by atoms with Crippen molar-refractivity contribution in [2.45, 2.75) is 44.9 Å². The van der Waals surface area contributed by atoms with E-state index in [-0.39, 0.29) is 18.5 Å². The van der Waals surface area contributed by atoms with Crippen LogP contribution >= 0.6 is 0 Å². The van der Waals surface area contributed by atoms with Crippen LogP contribution in [-0.4, -0.2) is 53.7 Å². The van der Waals surface area contributed by atoms with E-state index in [1.807, 2.05) is 20.8 Å². The molecule has 0 aliphatic carbocycles. The summed E-state index contributed by atoms with van der Waals surface area (Å²) in [6, 6.07) is -0.500. The Kier molecular flexibility index (Phi) is 4.42. The number of carbonyl (C=O) groups is 1. The number of nitrogens with zero attached hydrogens (tertiary/aromatic N) is 4. The summed E-state index contributed by atoms with van der Waals surface area (Å²) >= 11 is 0. The van der Waals surface area contributed by atoms with Crippen molar-refractivity contribution in [2.24, 2.45) is 10.3 Å². The highest BCUT2D eigenvalue weighted by Gasteiger charge is 2.38. The van der Waals surface area contributed by atoms with E-state index in [0.717, 1.165) is 4.90 Å². The Morgan fingerprint density at radius 3 is 2.42 bits per heavy atom. The summed E-state index contributed by atoms with van der Waals surface area (Å²) < 4.78 is 36.7. The minimum atomic E-state index is -4.37. The highest BCUT2D eigenvalue weighted by atomic mass is 19.4. The van der Waals surface area contributed by atoms with Crippen LogP contribution in [0.2, 0.25) is 0 Å². The molecule has 1 fully saturated rings. The van der Waals surface area contributed by atoms with Crippen molar-refractivity contribution in [3.63, 3.8) is 0 Å². The zero-order valence-electron chi connectivity index (χ0n) is 11.5. The first kappa shape index (κ1) is 15.7. The monoisotopic (exact) mass is 280 g/mol. The van der Waals surface area contributed by atoms with Crippen LogP contribution in [-0.2, 0) is 4.79 Å². The molecule has 1 aliphatic rings. The molecule has 5 nitrogen and oxygen atoms in total. The smallest absolute Gasteiger partial charge is 0.331 e. The van der Waals surface area contributed by atoms with Gasteiger partial charge in [0.15, 0.2) is 0 Å². The standard InChI is InChI=1S/C11H19F3N4O/c1-10(2,3)17(4)16-15-8-5-9(19)18(6-8)7-11(12,13)14/h8H,5-7H2,1-4H3/t8-/m1/s1. The fourth-order valence-electron chi connectivity index (χ4n) is 1.48. The van der Waals surface area contributed by atoms with E-state index in [4.69, 9.17) is 0 Å². The fourth-order valence-corrected chi connectivity index (χ4v) is 1.48. The lowest BCUT2D eigenvalue weighted by atomic mass is 10.1. The zero-order chi connectivity index (χ0) is 14.8. The Labute approximate surface area is 110 Å². The molecule has 0 aromatic carbocycles. The molecule has 0 aromatic rings.